The molecular formula is C7H7IN2O4. The summed E-state index contributed by atoms with van der Waals surface area (Å²) in [5, 5.41) is 12.8. The van der Waals surface area contributed by atoms with Gasteiger partial charge in [-0.1, -0.05) is 22.6 Å². The Morgan fingerprint density at radius 2 is 2.36 bits per heavy atom. The summed E-state index contributed by atoms with van der Waals surface area (Å²) in [6.07, 6.45) is 0. The largest absolute Gasteiger partial charge is 0.433 e. The van der Waals surface area contributed by atoms with Crippen molar-refractivity contribution in [2.24, 2.45) is 0 Å². The number of hydrogen-bond donors (Lipinski definition) is 1. The summed E-state index contributed by atoms with van der Waals surface area (Å²) in [6, 6.07) is 2.43. The Hall–Kier alpha value is -1.12. The van der Waals surface area contributed by atoms with Crippen LogP contribution in [0.25, 0.3) is 0 Å². The van der Waals surface area contributed by atoms with E-state index in [1.54, 1.807) is 0 Å². The number of carbonyl (C=O) groups is 1. The van der Waals surface area contributed by atoms with Crippen molar-refractivity contribution in [3.63, 3.8) is 0 Å². The van der Waals surface area contributed by atoms with Gasteiger partial charge in [-0.25, -0.2) is 0 Å². The summed E-state index contributed by atoms with van der Waals surface area (Å²) in [5.74, 6) is -0.902. The molecule has 1 N–H and O–H groups in total. The molecule has 0 aliphatic rings. The van der Waals surface area contributed by atoms with E-state index in [0.29, 0.717) is 6.54 Å². The van der Waals surface area contributed by atoms with Gasteiger partial charge in [0.05, 0.1) is 6.07 Å². The maximum Gasteiger partial charge on any atom is 0.433 e. The van der Waals surface area contributed by atoms with E-state index in [0.717, 1.165) is 10.5 Å². The second-order valence-corrected chi connectivity index (χ2v) is 3.42. The summed E-state index contributed by atoms with van der Waals surface area (Å²) >= 11 is 2.10. The van der Waals surface area contributed by atoms with Gasteiger partial charge in [-0.15, -0.1) is 0 Å². The molecule has 0 spiro atoms. The Morgan fingerprint density at radius 1 is 1.64 bits per heavy atom. The van der Waals surface area contributed by atoms with E-state index in [2.05, 4.69) is 27.9 Å². The Kier molecular flexibility index (Phi) is 3.86. The molecule has 1 amide bonds. The van der Waals surface area contributed by atoms with Crippen molar-refractivity contribution in [1.29, 1.82) is 0 Å². The van der Waals surface area contributed by atoms with Gasteiger partial charge in [0.25, 0.3) is 5.91 Å². The number of nitrogens with one attached hydrogen (secondary N) is 1. The lowest BCUT2D eigenvalue weighted by atomic mass is 10.4. The average molecular weight is 310 g/mol. The molecule has 1 aromatic heterocycles. The fraction of sp³-hybridized carbons (Fsp3) is 0.286. The van der Waals surface area contributed by atoms with Crippen LogP contribution in [0, 0.1) is 10.1 Å². The molecule has 0 aromatic carbocycles. The van der Waals surface area contributed by atoms with E-state index in [9.17, 15) is 14.9 Å². The highest BCUT2D eigenvalue weighted by atomic mass is 127. The zero-order valence-electron chi connectivity index (χ0n) is 7.03. The van der Waals surface area contributed by atoms with Gasteiger partial charge < -0.3 is 9.73 Å². The third-order valence-corrected chi connectivity index (χ3v) is 1.91. The summed E-state index contributed by atoms with van der Waals surface area (Å²) < 4.78 is 5.46. The number of alkyl halides is 1. The molecule has 0 saturated heterocycles. The highest BCUT2D eigenvalue weighted by Crippen LogP contribution is 2.15. The van der Waals surface area contributed by atoms with Crippen molar-refractivity contribution in [2.45, 2.75) is 0 Å². The van der Waals surface area contributed by atoms with Crippen molar-refractivity contribution in [2.75, 3.05) is 11.0 Å². The molecule has 0 atom stereocenters. The van der Waals surface area contributed by atoms with Crippen molar-refractivity contribution in [1.82, 2.24) is 5.32 Å². The maximum absolute atomic E-state index is 11.2. The second kappa shape index (κ2) is 4.94. The van der Waals surface area contributed by atoms with E-state index in [-0.39, 0.29) is 5.76 Å². The third-order valence-electron chi connectivity index (χ3n) is 1.38. The first-order valence-electron chi connectivity index (χ1n) is 3.73. The predicted molar refractivity (Wildman–Crippen MR) is 56.6 cm³/mol. The second-order valence-electron chi connectivity index (χ2n) is 2.34. The van der Waals surface area contributed by atoms with Gasteiger partial charge >= 0.3 is 5.88 Å². The van der Waals surface area contributed by atoms with Gasteiger partial charge in [0.2, 0.25) is 0 Å². The number of carbonyl (C=O) groups excluding carboxylic acids is 1. The SMILES string of the molecule is O=C(NCCI)c1ccc([N+](=O)[O-])o1. The van der Waals surface area contributed by atoms with Crippen LogP contribution < -0.4 is 5.32 Å². The van der Waals surface area contributed by atoms with Crippen LogP contribution in [0.15, 0.2) is 16.5 Å². The average Bonchev–Trinajstić information content (AvgIpc) is 2.62. The lowest BCUT2D eigenvalue weighted by molar-refractivity contribution is -0.402. The van der Waals surface area contributed by atoms with Crippen LogP contribution in [0.1, 0.15) is 10.6 Å². The number of halogens is 1. The highest BCUT2D eigenvalue weighted by molar-refractivity contribution is 14.1. The number of furan rings is 1. The summed E-state index contributed by atoms with van der Waals surface area (Å²) in [4.78, 5) is 20.8. The molecule has 0 fully saturated rings. The zero-order valence-corrected chi connectivity index (χ0v) is 9.18. The summed E-state index contributed by atoms with van der Waals surface area (Å²) in [7, 11) is 0. The molecule has 0 radical (unpaired) electrons. The molecule has 14 heavy (non-hydrogen) atoms. The lowest BCUT2D eigenvalue weighted by Crippen LogP contribution is -2.24. The number of nitro groups is 1. The molecular weight excluding hydrogens is 303 g/mol. The molecule has 0 aliphatic heterocycles. The minimum Gasteiger partial charge on any atom is -0.395 e. The van der Waals surface area contributed by atoms with Crippen LogP contribution in [0.4, 0.5) is 5.88 Å². The molecule has 1 aromatic rings. The number of hydrogen-bond acceptors (Lipinski definition) is 4. The summed E-state index contributed by atoms with van der Waals surface area (Å²) in [6.45, 7) is 0.508. The molecule has 76 valence electrons. The van der Waals surface area contributed by atoms with Gasteiger partial charge in [0.1, 0.15) is 4.92 Å². The standard InChI is InChI=1S/C7H7IN2O4/c8-3-4-9-7(11)5-1-2-6(14-5)10(12)13/h1-2H,3-4H2,(H,9,11). The van der Waals surface area contributed by atoms with Crippen LogP contribution >= 0.6 is 22.6 Å². The van der Waals surface area contributed by atoms with E-state index in [4.69, 9.17) is 4.42 Å². The van der Waals surface area contributed by atoms with Crippen LogP contribution in [0.3, 0.4) is 0 Å². The van der Waals surface area contributed by atoms with Gasteiger partial charge in [-0.2, -0.15) is 0 Å². The Morgan fingerprint density at radius 3 is 2.86 bits per heavy atom. The van der Waals surface area contributed by atoms with Crippen LogP contribution in [0.2, 0.25) is 0 Å². The minimum absolute atomic E-state index is 0.0402. The quantitative estimate of drug-likeness (QED) is 0.394. The normalized spacial score (nSPS) is 9.79. The predicted octanol–water partition coefficient (Wildman–Crippen LogP) is 1.35. The van der Waals surface area contributed by atoms with E-state index in [1.165, 1.54) is 6.07 Å². The molecule has 0 unspecified atom stereocenters. The van der Waals surface area contributed by atoms with Gasteiger partial charge in [0.15, 0.2) is 5.76 Å². The zero-order chi connectivity index (χ0) is 10.6. The fourth-order valence-electron chi connectivity index (χ4n) is 0.796. The molecule has 6 nitrogen and oxygen atoms in total. The van der Waals surface area contributed by atoms with E-state index >= 15 is 0 Å². The Bertz CT molecular complexity index is 349. The van der Waals surface area contributed by atoms with Crippen molar-refractivity contribution in [3.05, 3.63) is 28.0 Å². The number of amides is 1. The van der Waals surface area contributed by atoms with Crippen molar-refractivity contribution in [3.8, 4) is 0 Å². The molecule has 0 bridgehead atoms. The van der Waals surface area contributed by atoms with Crippen molar-refractivity contribution < 1.29 is 14.1 Å². The Balaban J connectivity index is 2.66. The Labute approximate surface area is 92.9 Å². The first-order valence-corrected chi connectivity index (χ1v) is 5.26. The van der Waals surface area contributed by atoms with Crippen LogP contribution in [0.5, 0.6) is 0 Å². The van der Waals surface area contributed by atoms with E-state index in [1.807, 2.05) is 0 Å². The van der Waals surface area contributed by atoms with Gasteiger partial charge in [-0.05, 0) is 6.07 Å². The summed E-state index contributed by atoms with van der Waals surface area (Å²) in [5.41, 5.74) is 0. The molecule has 1 rings (SSSR count). The van der Waals surface area contributed by atoms with Crippen LogP contribution in [-0.2, 0) is 0 Å². The molecule has 0 saturated carbocycles. The smallest absolute Gasteiger partial charge is 0.395 e. The number of rotatable bonds is 4. The number of nitrogens with zero attached hydrogens (tertiary/aromatic N) is 1. The van der Waals surface area contributed by atoms with Gasteiger partial charge in [-0.3, -0.25) is 14.9 Å². The first-order chi connectivity index (χ1) is 6.65. The van der Waals surface area contributed by atoms with Gasteiger partial charge in [0, 0.05) is 11.0 Å². The fourth-order valence-corrected chi connectivity index (χ4v) is 1.07. The van der Waals surface area contributed by atoms with Crippen molar-refractivity contribution >= 4 is 34.4 Å². The molecule has 1 heterocycles. The van der Waals surface area contributed by atoms with E-state index < -0.39 is 16.7 Å². The monoisotopic (exact) mass is 310 g/mol. The highest BCUT2D eigenvalue weighted by Gasteiger charge is 2.16. The maximum atomic E-state index is 11.2. The molecule has 0 aliphatic carbocycles. The minimum atomic E-state index is -0.685. The third kappa shape index (κ3) is 2.69. The van der Waals surface area contributed by atoms with Crippen LogP contribution in [-0.4, -0.2) is 21.8 Å². The first kappa shape index (κ1) is 11.0. The molecule has 7 heteroatoms. The topological polar surface area (TPSA) is 85.4 Å². The lowest BCUT2D eigenvalue weighted by Gasteiger charge is -1.97.